The number of cyclic esters (lactones) is 1. The minimum atomic E-state index is -3.40. The molecule has 14 heavy (non-hydrogen) atoms. The van der Waals surface area contributed by atoms with Gasteiger partial charge in [0.1, 0.15) is 12.8 Å². The van der Waals surface area contributed by atoms with Crippen LogP contribution < -0.4 is 0 Å². The fourth-order valence-electron chi connectivity index (χ4n) is 1.31. The topological polar surface area (TPSA) is 26.3 Å². The summed E-state index contributed by atoms with van der Waals surface area (Å²) in [5.41, 5.74) is -3.19. The number of carbonyl (C=O) groups is 1. The molecule has 2 atom stereocenters. The molecule has 0 aromatic rings. The van der Waals surface area contributed by atoms with Crippen molar-refractivity contribution in [2.24, 2.45) is 0 Å². The standard InChI is InChI=1S/C8H10F4O2/c9-4-8(12,7(10)11)3-5-1-2-6(13)14-5/h5,7H,1-4H2. The zero-order valence-corrected chi connectivity index (χ0v) is 7.31. The smallest absolute Gasteiger partial charge is 0.306 e. The molecule has 0 aliphatic carbocycles. The van der Waals surface area contributed by atoms with Crippen molar-refractivity contribution in [3.63, 3.8) is 0 Å². The van der Waals surface area contributed by atoms with Gasteiger partial charge in [-0.2, -0.15) is 0 Å². The summed E-state index contributed by atoms with van der Waals surface area (Å²) < 4.78 is 53.8. The summed E-state index contributed by atoms with van der Waals surface area (Å²) in [5.74, 6) is -0.550. The summed E-state index contributed by atoms with van der Waals surface area (Å²) in [4.78, 5) is 10.6. The predicted molar refractivity (Wildman–Crippen MR) is 39.5 cm³/mol. The Kier molecular flexibility index (Phi) is 3.34. The molecule has 0 amide bonds. The van der Waals surface area contributed by atoms with Crippen LogP contribution in [-0.4, -0.2) is 30.8 Å². The summed E-state index contributed by atoms with van der Waals surface area (Å²) >= 11 is 0. The van der Waals surface area contributed by atoms with Crippen LogP contribution in [0.2, 0.25) is 0 Å². The number of rotatable bonds is 4. The number of carbonyl (C=O) groups excluding carboxylic acids is 1. The molecule has 1 saturated heterocycles. The number of halogens is 4. The Balaban J connectivity index is 2.52. The lowest BCUT2D eigenvalue weighted by Gasteiger charge is -2.23. The largest absolute Gasteiger partial charge is 0.462 e. The second-order valence-corrected chi connectivity index (χ2v) is 3.32. The fraction of sp³-hybridized carbons (Fsp3) is 0.875. The summed E-state index contributed by atoms with van der Waals surface area (Å²) in [6.45, 7) is -1.77. The van der Waals surface area contributed by atoms with Gasteiger partial charge in [-0.1, -0.05) is 0 Å². The van der Waals surface area contributed by atoms with E-state index < -0.39 is 37.3 Å². The molecule has 6 heteroatoms. The van der Waals surface area contributed by atoms with Crippen LogP contribution in [0.15, 0.2) is 0 Å². The molecule has 0 aromatic carbocycles. The van der Waals surface area contributed by atoms with Crippen LogP contribution in [0, 0.1) is 0 Å². The minimum Gasteiger partial charge on any atom is -0.462 e. The van der Waals surface area contributed by atoms with Crippen molar-refractivity contribution in [1.82, 2.24) is 0 Å². The third-order valence-electron chi connectivity index (χ3n) is 2.15. The summed E-state index contributed by atoms with van der Waals surface area (Å²) in [6.07, 6.45) is -4.83. The molecule has 1 aliphatic rings. The molecule has 1 fully saturated rings. The first kappa shape index (κ1) is 11.3. The first-order valence-corrected chi connectivity index (χ1v) is 4.20. The highest BCUT2D eigenvalue weighted by molar-refractivity contribution is 5.71. The summed E-state index contributed by atoms with van der Waals surface area (Å²) in [7, 11) is 0. The Morgan fingerprint density at radius 2 is 2.21 bits per heavy atom. The maximum Gasteiger partial charge on any atom is 0.306 e. The predicted octanol–water partition coefficient (Wildman–Crippen LogP) is 2.02. The van der Waals surface area contributed by atoms with Crippen LogP contribution in [0.25, 0.3) is 0 Å². The highest BCUT2D eigenvalue weighted by Gasteiger charge is 2.44. The number of esters is 1. The molecule has 2 nitrogen and oxygen atoms in total. The Labute approximate surface area is 78.2 Å². The quantitative estimate of drug-likeness (QED) is 0.528. The minimum absolute atomic E-state index is 0.0796. The molecular formula is C8H10F4O2. The summed E-state index contributed by atoms with van der Waals surface area (Å²) in [5, 5.41) is 0. The Morgan fingerprint density at radius 3 is 2.57 bits per heavy atom. The van der Waals surface area contributed by atoms with Crippen molar-refractivity contribution in [3.05, 3.63) is 0 Å². The maximum atomic E-state index is 13.1. The van der Waals surface area contributed by atoms with Crippen LogP contribution in [0.3, 0.4) is 0 Å². The van der Waals surface area contributed by atoms with E-state index in [1.807, 2.05) is 0 Å². The molecule has 1 rings (SSSR count). The number of hydrogen-bond acceptors (Lipinski definition) is 2. The van der Waals surface area contributed by atoms with Gasteiger partial charge in [0.25, 0.3) is 6.43 Å². The molecule has 1 aliphatic heterocycles. The highest BCUT2D eigenvalue weighted by Crippen LogP contribution is 2.31. The van der Waals surface area contributed by atoms with Crippen molar-refractivity contribution in [1.29, 1.82) is 0 Å². The van der Waals surface area contributed by atoms with E-state index in [9.17, 15) is 22.4 Å². The third kappa shape index (κ3) is 2.36. The molecule has 1 heterocycles. The van der Waals surface area contributed by atoms with Gasteiger partial charge in [0.2, 0.25) is 5.67 Å². The van der Waals surface area contributed by atoms with Gasteiger partial charge in [-0.05, 0) is 6.42 Å². The van der Waals surface area contributed by atoms with Gasteiger partial charge in [-0.25, -0.2) is 17.6 Å². The molecule has 2 unspecified atom stereocenters. The molecule has 0 spiro atoms. The van der Waals surface area contributed by atoms with Crippen LogP contribution in [0.5, 0.6) is 0 Å². The van der Waals surface area contributed by atoms with Crippen molar-refractivity contribution in [3.8, 4) is 0 Å². The van der Waals surface area contributed by atoms with E-state index in [0.29, 0.717) is 0 Å². The lowest BCUT2D eigenvalue weighted by Crippen LogP contribution is -2.38. The van der Waals surface area contributed by atoms with Gasteiger partial charge in [-0.15, -0.1) is 0 Å². The van der Waals surface area contributed by atoms with Crippen LogP contribution in [-0.2, 0) is 9.53 Å². The van der Waals surface area contributed by atoms with Crippen LogP contribution >= 0.6 is 0 Å². The normalized spacial score (nSPS) is 26.4. The first-order chi connectivity index (χ1) is 6.48. The van der Waals surface area contributed by atoms with Gasteiger partial charge in [0, 0.05) is 12.8 Å². The van der Waals surface area contributed by atoms with E-state index in [1.54, 1.807) is 0 Å². The van der Waals surface area contributed by atoms with Crippen molar-refractivity contribution < 1.29 is 27.1 Å². The van der Waals surface area contributed by atoms with E-state index in [-0.39, 0.29) is 12.8 Å². The average Bonchev–Trinajstić information content (AvgIpc) is 2.50. The zero-order valence-electron chi connectivity index (χ0n) is 7.31. The Bertz CT molecular complexity index is 221. The summed E-state index contributed by atoms with van der Waals surface area (Å²) in [6, 6.07) is 0. The number of alkyl halides is 4. The van der Waals surface area contributed by atoms with Crippen molar-refractivity contribution in [2.75, 3.05) is 6.67 Å². The second-order valence-electron chi connectivity index (χ2n) is 3.32. The van der Waals surface area contributed by atoms with E-state index in [2.05, 4.69) is 4.74 Å². The lowest BCUT2D eigenvalue weighted by atomic mass is 9.98. The lowest BCUT2D eigenvalue weighted by molar-refractivity contribution is -0.145. The monoisotopic (exact) mass is 214 g/mol. The van der Waals surface area contributed by atoms with Crippen molar-refractivity contribution >= 4 is 5.97 Å². The second kappa shape index (κ2) is 4.14. The van der Waals surface area contributed by atoms with Gasteiger partial charge >= 0.3 is 5.97 Å². The molecule has 82 valence electrons. The zero-order chi connectivity index (χ0) is 10.8. The average molecular weight is 214 g/mol. The van der Waals surface area contributed by atoms with Gasteiger partial charge in [0.05, 0.1) is 0 Å². The first-order valence-electron chi connectivity index (χ1n) is 4.20. The van der Waals surface area contributed by atoms with E-state index in [1.165, 1.54) is 0 Å². The van der Waals surface area contributed by atoms with E-state index >= 15 is 0 Å². The Hall–Kier alpha value is -0.810. The molecule has 0 aromatic heterocycles. The molecule has 0 radical (unpaired) electrons. The maximum absolute atomic E-state index is 13.1. The van der Waals surface area contributed by atoms with E-state index in [4.69, 9.17) is 0 Å². The van der Waals surface area contributed by atoms with Gasteiger partial charge < -0.3 is 4.74 Å². The van der Waals surface area contributed by atoms with Crippen LogP contribution in [0.1, 0.15) is 19.3 Å². The SMILES string of the molecule is O=C1CCC(CC(F)(CF)C(F)F)O1. The molecule has 0 bridgehead atoms. The highest BCUT2D eigenvalue weighted by atomic mass is 19.3. The molecule has 0 saturated carbocycles. The molecule has 0 N–H and O–H groups in total. The van der Waals surface area contributed by atoms with Crippen molar-refractivity contribution in [2.45, 2.75) is 37.5 Å². The third-order valence-corrected chi connectivity index (χ3v) is 2.15. The van der Waals surface area contributed by atoms with Crippen LogP contribution in [0.4, 0.5) is 17.6 Å². The van der Waals surface area contributed by atoms with Gasteiger partial charge in [0.15, 0.2) is 0 Å². The molecular weight excluding hydrogens is 204 g/mol. The number of ether oxygens (including phenoxy) is 1. The Morgan fingerprint density at radius 1 is 1.57 bits per heavy atom. The number of hydrogen-bond donors (Lipinski definition) is 0. The van der Waals surface area contributed by atoms with E-state index in [0.717, 1.165) is 0 Å². The fourth-order valence-corrected chi connectivity index (χ4v) is 1.31. The van der Waals surface area contributed by atoms with Gasteiger partial charge in [-0.3, -0.25) is 4.79 Å².